The Hall–Kier alpha value is -2.61. The van der Waals surface area contributed by atoms with Crippen molar-refractivity contribution in [1.29, 1.82) is 0 Å². The van der Waals surface area contributed by atoms with Crippen LogP contribution in [0.15, 0.2) is 47.4 Å². The van der Waals surface area contributed by atoms with E-state index < -0.39 is 10.0 Å². The second-order valence-corrected chi connectivity index (χ2v) is 6.40. The lowest BCUT2D eigenvalue weighted by Crippen LogP contribution is -2.24. The number of aromatic nitrogens is 1. The minimum atomic E-state index is -3.40. The first-order valence-corrected chi connectivity index (χ1v) is 8.27. The molecule has 2 aromatic rings. The highest BCUT2D eigenvalue weighted by molar-refractivity contribution is 7.92. The first kappa shape index (κ1) is 15.8. The van der Waals surface area contributed by atoms with Crippen LogP contribution in [-0.2, 0) is 16.6 Å². The Kier molecular flexibility index (Phi) is 4.62. The molecule has 0 spiro atoms. The van der Waals surface area contributed by atoms with E-state index in [1.54, 1.807) is 24.3 Å². The number of aromatic amines is 1. The molecule has 0 aliphatic rings. The third-order valence-electron chi connectivity index (χ3n) is 2.80. The highest BCUT2D eigenvalue weighted by Crippen LogP contribution is 2.16. The van der Waals surface area contributed by atoms with Gasteiger partial charge in [0.1, 0.15) is 0 Å². The lowest BCUT2D eigenvalue weighted by Gasteiger charge is -2.11. The fraction of sp³-hybridized carbons (Fsp3) is 0.143. The molecule has 8 heteroatoms. The third kappa shape index (κ3) is 4.45. The number of para-hydroxylation sites is 1. The van der Waals surface area contributed by atoms with Crippen molar-refractivity contribution in [2.75, 3.05) is 11.0 Å². The first-order chi connectivity index (χ1) is 10.3. The van der Waals surface area contributed by atoms with Crippen LogP contribution in [0.1, 0.15) is 15.9 Å². The lowest BCUT2D eigenvalue weighted by molar-refractivity contribution is 0.0950. The molecule has 0 aliphatic heterocycles. The highest BCUT2D eigenvalue weighted by Gasteiger charge is 2.09. The predicted octanol–water partition coefficient (Wildman–Crippen LogP) is 0.676. The van der Waals surface area contributed by atoms with Crippen LogP contribution >= 0.6 is 0 Å². The Morgan fingerprint density at radius 1 is 1.18 bits per heavy atom. The van der Waals surface area contributed by atoms with Crippen molar-refractivity contribution >= 4 is 21.6 Å². The summed E-state index contributed by atoms with van der Waals surface area (Å²) >= 11 is 0. The summed E-state index contributed by atoms with van der Waals surface area (Å²) in [5, 5.41) is 2.67. The van der Waals surface area contributed by atoms with E-state index in [4.69, 9.17) is 0 Å². The van der Waals surface area contributed by atoms with Gasteiger partial charge in [-0.2, -0.15) is 0 Å². The number of benzene rings is 1. The zero-order valence-electron chi connectivity index (χ0n) is 11.8. The van der Waals surface area contributed by atoms with E-state index in [0.717, 1.165) is 6.26 Å². The van der Waals surface area contributed by atoms with Crippen LogP contribution in [-0.4, -0.2) is 25.6 Å². The fourth-order valence-corrected chi connectivity index (χ4v) is 2.40. The van der Waals surface area contributed by atoms with Gasteiger partial charge in [-0.1, -0.05) is 18.2 Å². The van der Waals surface area contributed by atoms with Crippen LogP contribution in [0.3, 0.4) is 0 Å². The topological polar surface area (TPSA) is 108 Å². The number of rotatable bonds is 5. The lowest BCUT2D eigenvalue weighted by atomic mass is 10.2. The van der Waals surface area contributed by atoms with Crippen molar-refractivity contribution in [2.24, 2.45) is 0 Å². The quantitative estimate of drug-likeness (QED) is 0.752. The molecule has 0 atom stereocenters. The van der Waals surface area contributed by atoms with Crippen molar-refractivity contribution in [2.45, 2.75) is 6.54 Å². The van der Waals surface area contributed by atoms with Crippen LogP contribution in [0, 0.1) is 0 Å². The zero-order valence-corrected chi connectivity index (χ0v) is 12.6. The maximum absolute atomic E-state index is 12.0. The summed E-state index contributed by atoms with van der Waals surface area (Å²) in [5.41, 5.74) is 1.06. The number of amides is 1. The third-order valence-corrected chi connectivity index (χ3v) is 3.39. The van der Waals surface area contributed by atoms with Crippen molar-refractivity contribution in [3.05, 3.63) is 64.1 Å². The Morgan fingerprint density at radius 3 is 2.55 bits per heavy atom. The summed E-state index contributed by atoms with van der Waals surface area (Å²) in [6.07, 6.45) is 2.38. The van der Waals surface area contributed by atoms with Crippen molar-refractivity contribution in [3.8, 4) is 0 Å². The Balaban J connectivity index is 2.10. The average molecular weight is 321 g/mol. The first-order valence-electron chi connectivity index (χ1n) is 6.38. The van der Waals surface area contributed by atoms with Crippen LogP contribution in [0.25, 0.3) is 0 Å². The number of hydrogen-bond acceptors (Lipinski definition) is 4. The molecule has 116 valence electrons. The summed E-state index contributed by atoms with van der Waals surface area (Å²) in [4.78, 5) is 25.3. The second-order valence-electron chi connectivity index (χ2n) is 4.66. The van der Waals surface area contributed by atoms with Crippen LogP contribution in [0.4, 0.5) is 5.69 Å². The number of carbonyl (C=O) groups excluding carboxylic acids is 1. The van der Waals surface area contributed by atoms with E-state index in [1.807, 2.05) is 0 Å². The molecule has 1 heterocycles. The molecule has 0 radical (unpaired) electrons. The van der Waals surface area contributed by atoms with Crippen LogP contribution < -0.4 is 15.6 Å². The van der Waals surface area contributed by atoms with Gasteiger partial charge in [0.05, 0.1) is 17.5 Å². The Morgan fingerprint density at radius 2 is 1.91 bits per heavy atom. The number of sulfonamides is 1. The molecule has 1 aromatic heterocycles. The van der Waals surface area contributed by atoms with E-state index in [9.17, 15) is 18.0 Å². The largest absolute Gasteiger partial charge is 0.348 e. The smallest absolute Gasteiger partial charge is 0.253 e. The molecule has 1 aromatic carbocycles. The SMILES string of the molecule is CS(=O)(=O)Nc1ccccc1CNC(=O)c1ccc(=O)[nH]c1. The summed E-state index contributed by atoms with van der Waals surface area (Å²) in [6, 6.07) is 9.43. The molecule has 0 aliphatic carbocycles. The summed E-state index contributed by atoms with van der Waals surface area (Å²) in [5.74, 6) is -0.370. The Labute approximate surface area is 127 Å². The Bertz CT molecular complexity index is 823. The van der Waals surface area contributed by atoms with Gasteiger partial charge < -0.3 is 10.3 Å². The maximum Gasteiger partial charge on any atom is 0.253 e. The summed E-state index contributed by atoms with van der Waals surface area (Å²) < 4.78 is 25.0. The van der Waals surface area contributed by atoms with E-state index in [0.29, 0.717) is 16.8 Å². The maximum atomic E-state index is 12.0. The molecule has 7 nitrogen and oxygen atoms in total. The number of anilines is 1. The molecule has 0 bridgehead atoms. The van der Waals surface area contributed by atoms with Crippen LogP contribution in [0.2, 0.25) is 0 Å². The van der Waals surface area contributed by atoms with E-state index >= 15 is 0 Å². The normalized spacial score (nSPS) is 11.0. The fourth-order valence-electron chi connectivity index (χ4n) is 1.80. The van der Waals surface area contributed by atoms with Crippen molar-refractivity contribution in [1.82, 2.24) is 10.3 Å². The molecule has 3 N–H and O–H groups in total. The number of H-pyrrole nitrogens is 1. The predicted molar refractivity (Wildman–Crippen MR) is 83.1 cm³/mol. The van der Waals surface area contributed by atoms with Gasteiger partial charge in [-0.15, -0.1) is 0 Å². The van der Waals surface area contributed by atoms with Crippen molar-refractivity contribution < 1.29 is 13.2 Å². The molecule has 2 rings (SSSR count). The van der Waals surface area contributed by atoms with E-state index in [2.05, 4.69) is 15.0 Å². The van der Waals surface area contributed by atoms with Gasteiger partial charge in [0.25, 0.3) is 5.91 Å². The highest BCUT2D eigenvalue weighted by atomic mass is 32.2. The zero-order chi connectivity index (χ0) is 16.2. The molecule has 22 heavy (non-hydrogen) atoms. The van der Waals surface area contributed by atoms with Crippen LogP contribution in [0.5, 0.6) is 0 Å². The van der Waals surface area contributed by atoms with Gasteiger partial charge in [-0.3, -0.25) is 14.3 Å². The van der Waals surface area contributed by atoms with E-state index in [-0.39, 0.29) is 18.0 Å². The second kappa shape index (κ2) is 6.44. The van der Waals surface area contributed by atoms with Gasteiger partial charge in [-0.25, -0.2) is 8.42 Å². The molecule has 1 amide bonds. The summed E-state index contributed by atoms with van der Waals surface area (Å²) in [7, 11) is -3.40. The monoisotopic (exact) mass is 321 g/mol. The number of pyridine rings is 1. The summed E-state index contributed by atoms with van der Waals surface area (Å²) in [6.45, 7) is 0.149. The molecule has 0 unspecified atom stereocenters. The molecule has 0 saturated carbocycles. The number of nitrogens with one attached hydrogen (secondary N) is 3. The van der Waals surface area contributed by atoms with Gasteiger partial charge in [-0.05, 0) is 17.7 Å². The average Bonchev–Trinajstić information content (AvgIpc) is 2.45. The number of carbonyl (C=O) groups is 1. The molecule has 0 fully saturated rings. The van der Waals surface area contributed by atoms with Crippen molar-refractivity contribution in [3.63, 3.8) is 0 Å². The minimum Gasteiger partial charge on any atom is -0.348 e. The van der Waals surface area contributed by atoms with Gasteiger partial charge >= 0.3 is 0 Å². The van der Waals surface area contributed by atoms with Gasteiger partial charge in [0.2, 0.25) is 15.6 Å². The number of hydrogen-bond donors (Lipinski definition) is 3. The molecular weight excluding hydrogens is 306 g/mol. The standard InChI is InChI=1S/C14H15N3O4S/c1-22(20,21)17-12-5-3-2-4-10(12)8-16-14(19)11-6-7-13(18)15-9-11/h2-7,9,17H,8H2,1H3,(H,15,18)(H,16,19). The molecule has 0 saturated heterocycles. The van der Waals surface area contributed by atoms with Gasteiger partial charge in [0.15, 0.2) is 0 Å². The van der Waals surface area contributed by atoms with Gasteiger partial charge in [0, 0.05) is 18.8 Å². The minimum absolute atomic E-state index is 0.149. The molecular formula is C14H15N3O4S. The van der Waals surface area contributed by atoms with E-state index in [1.165, 1.54) is 18.3 Å².